The van der Waals surface area contributed by atoms with Gasteiger partial charge in [-0.25, -0.2) is 4.98 Å². The fraction of sp³-hybridized carbons (Fsp3) is 0.273. The van der Waals surface area contributed by atoms with Crippen LogP contribution in [0.25, 0.3) is 0 Å². The highest BCUT2D eigenvalue weighted by atomic mass is 35.5. The van der Waals surface area contributed by atoms with Crippen LogP contribution in [0.5, 0.6) is 0 Å². The number of fused-ring (bicyclic) bond motifs is 1. The summed E-state index contributed by atoms with van der Waals surface area (Å²) >= 11 is 5.70. The molecule has 3 nitrogen and oxygen atoms in total. The van der Waals surface area contributed by atoms with E-state index < -0.39 is 0 Å². The van der Waals surface area contributed by atoms with Crippen molar-refractivity contribution in [1.82, 2.24) is 15.2 Å². The molecular weight excluding hydrogens is 210 g/mol. The number of aromatic nitrogens is 3. The van der Waals surface area contributed by atoms with E-state index in [0.717, 1.165) is 18.7 Å². The second-order valence-electron chi connectivity index (χ2n) is 3.86. The quantitative estimate of drug-likeness (QED) is 0.800. The summed E-state index contributed by atoms with van der Waals surface area (Å²) in [5.41, 5.74) is 2.82. The monoisotopic (exact) mass is 219 g/mol. The second kappa shape index (κ2) is 3.35. The van der Waals surface area contributed by atoms with Crippen LogP contribution in [0, 0.1) is 0 Å². The van der Waals surface area contributed by atoms with Gasteiger partial charge in [0.05, 0.1) is 0 Å². The molecule has 1 aliphatic carbocycles. The van der Waals surface area contributed by atoms with Crippen molar-refractivity contribution in [1.29, 1.82) is 0 Å². The Hall–Kier alpha value is -1.35. The minimum Gasteiger partial charge on any atom is -0.262 e. The molecule has 76 valence electrons. The lowest BCUT2D eigenvalue weighted by atomic mass is 10.1. The lowest BCUT2D eigenvalue weighted by molar-refractivity contribution is 0.686. The van der Waals surface area contributed by atoms with Gasteiger partial charge in [0.2, 0.25) is 5.28 Å². The molecule has 0 radical (unpaired) electrons. The molecule has 0 saturated heterocycles. The molecule has 0 saturated carbocycles. The SMILES string of the molecule is Clc1n[nH]c(C2Cc3ccccc3C2)n1. The largest absolute Gasteiger partial charge is 0.262 e. The molecule has 1 aromatic heterocycles. The van der Waals surface area contributed by atoms with Crippen LogP contribution in [0.1, 0.15) is 22.9 Å². The molecule has 0 atom stereocenters. The fourth-order valence-corrected chi connectivity index (χ4v) is 2.32. The minimum absolute atomic E-state index is 0.306. The van der Waals surface area contributed by atoms with E-state index in [2.05, 4.69) is 39.4 Å². The first-order valence-corrected chi connectivity index (χ1v) is 5.35. The van der Waals surface area contributed by atoms with Crippen molar-refractivity contribution in [3.05, 3.63) is 46.5 Å². The molecule has 1 aliphatic rings. The number of aromatic amines is 1. The molecule has 0 unspecified atom stereocenters. The molecular formula is C11H10ClN3. The van der Waals surface area contributed by atoms with Gasteiger partial charge in [0.1, 0.15) is 5.82 Å². The zero-order valence-corrected chi connectivity index (χ0v) is 8.83. The number of benzene rings is 1. The van der Waals surface area contributed by atoms with Crippen LogP contribution in [-0.4, -0.2) is 15.2 Å². The van der Waals surface area contributed by atoms with Gasteiger partial charge >= 0.3 is 0 Å². The van der Waals surface area contributed by atoms with E-state index in [1.165, 1.54) is 11.1 Å². The van der Waals surface area contributed by atoms with Crippen LogP contribution in [-0.2, 0) is 12.8 Å². The Labute approximate surface area is 92.5 Å². The van der Waals surface area contributed by atoms with E-state index in [-0.39, 0.29) is 0 Å². The Bertz CT molecular complexity index is 467. The second-order valence-corrected chi connectivity index (χ2v) is 4.20. The van der Waals surface area contributed by atoms with Gasteiger partial charge in [-0.1, -0.05) is 24.3 Å². The number of hydrogen-bond acceptors (Lipinski definition) is 2. The summed E-state index contributed by atoms with van der Waals surface area (Å²) in [7, 11) is 0. The van der Waals surface area contributed by atoms with Crippen molar-refractivity contribution >= 4 is 11.6 Å². The maximum atomic E-state index is 5.70. The van der Waals surface area contributed by atoms with Crippen LogP contribution in [0.4, 0.5) is 0 Å². The first kappa shape index (κ1) is 8.92. The van der Waals surface area contributed by atoms with E-state index in [4.69, 9.17) is 11.6 Å². The molecule has 1 aromatic carbocycles. The fourth-order valence-electron chi connectivity index (χ4n) is 2.19. The lowest BCUT2D eigenvalue weighted by Gasteiger charge is -2.02. The number of hydrogen-bond donors (Lipinski definition) is 1. The molecule has 0 fully saturated rings. The van der Waals surface area contributed by atoms with E-state index in [9.17, 15) is 0 Å². The summed E-state index contributed by atoms with van der Waals surface area (Å²) in [6, 6.07) is 8.50. The standard InChI is InChI=1S/C11H10ClN3/c12-11-13-10(14-15-11)9-5-7-3-1-2-4-8(7)6-9/h1-4,9H,5-6H2,(H,13,14,15). The Balaban J connectivity index is 1.90. The highest BCUT2D eigenvalue weighted by Crippen LogP contribution is 2.32. The molecule has 15 heavy (non-hydrogen) atoms. The number of rotatable bonds is 1. The molecule has 4 heteroatoms. The van der Waals surface area contributed by atoms with Gasteiger partial charge in [0.25, 0.3) is 0 Å². The third-order valence-electron chi connectivity index (χ3n) is 2.91. The first-order chi connectivity index (χ1) is 7.33. The van der Waals surface area contributed by atoms with Crippen molar-refractivity contribution < 1.29 is 0 Å². The van der Waals surface area contributed by atoms with Crippen LogP contribution in [0.3, 0.4) is 0 Å². The summed E-state index contributed by atoms with van der Waals surface area (Å²) in [4.78, 5) is 4.17. The van der Waals surface area contributed by atoms with Crippen molar-refractivity contribution in [2.75, 3.05) is 0 Å². The maximum absolute atomic E-state index is 5.70. The number of nitrogens with zero attached hydrogens (tertiary/aromatic N) is 2. The minimum atomic E-state index is 0.306. The van der Waals surface area contributed by atoms with Gasteiger partial charge in [-0.05, 0) is 35.6 Å². The number of nitrogens with one attached hydrogen (secondary N) is 1. The maximum Gasteiger partial charge on any atom is 0.242 e. The van der Waals surface area contributed by atoms with Gasteiger partial charge in [-0.2, -0.15) is 0 Å². The molecule has 0 bridgehead atoms. The Morgan fingerprint density at radius 1 is 1.20 bits per heavy atom. The highest BCUT2D eigenvalue weighted by Gasteiger charge is 2.24. The van der Waals surface area contributed by atoms with Crippen molar-refractivity contribution in [3.8, 4) is 0 Å². The van der Waals surface area contributed by atoms with Gasteiger partial charge in [-0.15, -0.1) is 5.10 Å². The van der Waals surface area contributed by atoms with Crippen molar-refractivity contribution in [3.63, 3.8) is 0 Å². The molecule has 3 rings (SSSR count). The van der Waals surface area contributed by atoms with E-state index >= 15 is 0 Å². The highest BCUT2D eigenvalue weighted by molar-refractivity contribution is 6.28. The van der Waals surface area contributed by atoms with Gasteiger partial charge in [0, 0.05) is 5.92 Å². The number of halogens is 1. The summed E-state index contributed by atoms with van der Waals surface area (Å²) in [5.74, 6) is 1.30. The molecule has 0 amide bonds. The molecule has 0 aliphatic heterocycles. The smallest absolute Gasteiger partial charge is 0.242 e. The van der Waals surface area contributed by atoms with Crippen molar-refractivity contribution in [2.24, 2.45) is 0 Å². The Kier molecular flexibility index (Phi) is 1.99. The summed E-state index contributed by atoms with van der Waals surface area (Å²) < 4.78 is 0. The van der Waals surface area contributed by atoms with Crippen LogP contribution in [0.2, 0.25) is 5.28 Å². The van der Waals surface area contributed by atoms with Crippen molar-refractivity contribution in [2.45, 2.75) is 18.8 Å². The molecule has 1 heterocycles. The van der Waals surface area contributed by atoms with E-state index in [0.29, 0.717) is 11.2 Å². The van der Waals surface area contributed by atoms with Crippen LogP contribution >= 0.6 is 11.6 Å². The average molecular weight is 220 g/mol. The van der Waals surface area contributed by atoms with E-state index in [1.807, 2.05) is 0 Å². The first-order valence-electron chi connectivity index (χ1n) is 4.97. The molecule has 2 aromatic rings. The Morgan fingerprint density at radius 2 is 1.87 bits per heavy atom. The van der Waals surface area contributed by atoms with Gasteiger partial charge < -0.3 is 0 Å². The van der Waals surface area contributed by atoms with Crippen LogP contribution in [0.15, 0.2) is 24.3 Å². The molecule has 1 N–H and O–H groups in total. The summed E-state index contributed by atoms with van der Waals surface area (Å²) in [5, 5.41) is 7.05. The topological polar surface area (TPSA) is 41.6 Å². The van der Waals surface area contributed by atoms with Gasteiger partial charge in [-0.3, -0.25) is 5.10 Å². The lowest BCUT2D eigenvalue weighted by Crippen LogP contribution is -2.00. The summed E-state index contributed by atoms with van der Waals surface area (Å²) in [6.07, 6.45) is 2.06. The van der Waals surface area contributed by atoms with E-state index in [1.54, 1.807) is 0 Å². The predicted octanol–water partition coefficient (Wildman–Crippen LogP) is 2.34. The molecule has 0 spiro atoms. The third kappa shape index (κ3) is 1.53. The Morgan fingerprint density at radius 3 is 2.40 bits per heavy atom. The average Bonchev–Trinajstić information content (AvgIpc) is 2.82. The zero-order chi connectivity index (χ0) is 10.3. The summed E-state index contributed by atoms with van der Waals surface area (Å²) in [6.45, 7) is 0. The van der Waals surface area contributed by atoms with Gasteiger partial charge in [0.15, 0.2) is 0 Å². The predicted molar refractivity (Wildman–Crippen MR) is 58.0 cm³/mol. The number of H-pyrrole nitrogens is 1. The zero-order valence-electron chi connectivity index (χ0n) is 8.07. The third-order valence-corrected chi connectivity index (χ3v) is 3.08. The normalized spacial score (nSPS) is 15.5. The van der Waals surface area contributed by atoms with Crippen LogP contribution < -0.4 is 0 Å².